The first-order chi connectivity index (χ1) is 9.43. The number of hydrogen-bond donors (Lipinski definition) is 1. The maximum atomic E-state index is 12.4. The van der Waals surface area contributed by atoms with Crippen LogP contribution >= 0.6 is 0 Å². The third-order valence-electron chi connectivity index (χ3n) is 4.01. The van der Waals surface area contributed by atoms with Crippen LogP contribution in [0, 0.1) is 10.1 Å². The van der Waals surface area contributed by atoms with Crippen molar-refractivity contribution in [2.45, 2.75) is 37.8 Å². The van der Waals surface area contributed by atoms with Gasteiger partial charge in [0.1, 0.15) is 0 Å². The van der Waals surface area contributed by atoms with E-state index in [0.29, 0.717) is 6.42 Å². The van der Waals surface area contributed by atoms with Gasteiger partial charge in [-0.1, -0.05) is 12.8 Å². The zero-order chi connectivity index (χ0) is 14.9. The second-order valence-corrected chi connectivity index (χ2v) is 5.23. The summed E-state index contributed by atoms with van der Waals surface area (Å²) in [6.45, 7) is 0. The van der Waals surface area contributed by atoms with Gasteiger partial charge in [-0.05, 0) is 23.8 Å². The minimum absolute atomic E-state index is 0.119. The van der Waals surface area contributed by atoms with E-state index in [-0.39, 0.29) is 23.5 Å². The number of likely N-dealkylation sites (N-methyl/N-ethyl adjacent to an activating group) is 1. The first-order valence-electron chi connectivity index (χ1n) is 6.69. The molecule has 2 unspecified atom stereocenters. The minimum atomic E-state index is -0.522. The molecule has 7 heteroatoms. The number of aliphatic hydroxyl groups is 1. The number of carbonyl (C=O) groups is 1. The summed E-state index contributed by atoms with van der Waals surface area (Å²) in [6, 6.07) is 2.55. The first kappa shape index (κ1) is 14.5. The van der Waals surface area contributed by atoms with Crippen molar-refractivity contribution in [3.05, 3.63) is 27.9 Å². The third kappa shape index (κ3) is 2.53. The van der Waals surface area contributed by atoms with Crippen LogP contribution in [-0.2, 0) is 7.05 Å². The molecule has 1 amide bonds. The summed E-state index contributed by atoms with van der Waals surface area (Å²) in [5.41, 5.74) is 0.261. The van der Waals surface area contributed by atoms with Crippen molar-refractivity contribution in [2.75, 3.05) is 7.05 Å². The van der Waals surface area contributed by atoms with Crippen LogP contribution in [0.15, 0.2) is 12.1 Å². The van der Waals surface area contributed by atoms with E-state index in [1.54, 1.807) is 7.05 Å². The van der Waals surface area contributed by atoms with E-state index in [0.717, 1.165) is 19.3 Å². The lowest BCUT2D eigenvalue weighted by molar-refractivity contribution is -0.391. The molecule has 7 nitrogen and oxygen atoms in total. The molecule has 2 atom stereocenters. The largest absolute Gasteiger partial charge is 0.391 e. The minimum Gasteiger partial charge on any atom is -0.391 e. The van der Waals surface area contributed by atoms with Gasteiger partial charge in [0.25, 0.3) is 5.91 Å². The summed E-state index contributed by atoms with van der Waals surface area (Å²) in [4.78, 5) is 24.2. The molecular weight excluding hydrogens is 262 g/mol. The van der Waals surface area contributed by atoms with Gasteiger partial charge in [-0.25, -0.2) is 4.57 Å². The number of nitrogens with zero attached hydrogens (tertiary/aromatic N) is 3. The SMILES string of the molecule is CN(C(=O)c1ccc([N+](=O)[O-])n1C)C1CCCCC1O. The maximum Gasteiger partial charge on any atom is 0.323 e. The average Bonchev–Trinajstić information content (AvgIpc) is 2.79. The van der Waals surface area contributed by atoms with Gasteiger partial charge in [0.05, 0.1) is 19.2 Å². The van der Waals surface area contributed by atoms with Gasteiger partial charge in [-0.15, -0.1) is 0 Å². The van der Waals surface area contributed by atoms with E-state index in [9.17, 15) is 20.0 Å². The van der Waals surface area contributed by atoms with Gasteiger partial charge in [0.2, 0.25) is 0 Å². The Morgan fingerprint density at radius 2 is 2.10 bits per heavy atom. The number of hydrogen-bond acceptors (Lipinski definition) is 4. The molecule has 1 fully saturated rings. The van der Waals surface area contributed by atoms with Gasteiger partial charge < -0.3 is 20.1 Å². The van der Waals surface area contributed by atoms with Crippen molar-refractivity contribution in [3.8, 4) is 0 Å². The Labute approximate surface area is 116 Å². The van der Waals surface area contributed by atoms with Crippen LogP contribution < -0.4 is 0 Å². The average molecular weight is 281 g/mol. The second-order valence-electron chi connectivity index (χ2n) is 5.23. The normalized spacial score (nSPS) is 22.6. The monoisotopic (exact) mass is 281 g/mol. The van der Waals surface area contributed by atoms with Crippen LogP contribution in [0.1, 0.15) is 36.2 Å². The molecular formula is C13H19N3O4. The number of nitro groups is 1. The van der Waals surface area contributed by atoms with Crippen LogP contribution in [0.25, 0.3) is 0 Å². The molecule has 1 aliphatic rings. The molecule has 0 spiro atoms. The summed E-state index contributed by atoms with van der Waals surface area (Å²) in [5, 5.41) is 20.8. The molecule has 110 valence electrons. The highest BCUT2D eigenvalue weighted by Gasteiger charge is 2.32. The zero-order valence-corrected chi connectivity index (χ0v) is 11.7. The molecule has 1 aromatic rings. The molecule has 1 heterocycles. The molecule has 1 N–H and O–H groups in total. The Morgan fingerprint density at radius 1 is 1.45 bits per heavy atom. The van der Waals surface area contributed by atoms with Crippen molar-refractivity contribution in [2.24, 2.45) is 7.05 Å². The molecule has 1 aromatic heterocycles. The highest BCUT2D eigenvalue weighted by Crippen LogP contribution is 2.24. The topological polar surface area (TPSA) is 88.6 Å². The molecule has 20 heavy (non-hydrogen) atoms. The fourth-order valence-electron chi connectivity index (χ4n) is 2.77. The van der Waals surface area contributed by atoms with Crippen molar-refractivity contribution >= 4 is 11.7 Å². The van der Waals surface area contributed by atoms with Crippen molar-refractivity contribution in [1.29, 1.82) is 0 Å². The highest BCUT2D eigenvalue weighted by molar-refractivity contribution is 5.93. The summed E-state index contributed by atoms with van der Waals surface area (Å²) >= 11 is 0. The molecule has 0 aliphatic heterocycles. The Hall–Kier alpha value is -1.89. The number of amides is 1. The van der Waals surface area contributed by atoms with Gasteiger partial charge in [0, 0.05) is 13.1 Å². The van der Waals surface area contributed by atoms with E-state index < -0.39 is 11.0 Å². The number of rotatable bonds is 3. The van der Waals surface area contributed by atoms with Gasteiger partial charge in [-0.3, -0.25) is 4.79 Å². The van der Waals surface area contributed by atoms with Crippen LogP contribution in [0.2, 0.25) is 0 Å². The van der Waals surface area contributed by atoms with Crippen molar-refractivity contribution < 1.29 is 14.8 Å². The Kier molecular flexibility index (Phi) is 4.08. The van der Waals surface area contributed by atoms with Gasteiger partial charge in [-0.2, -0.15) is 0 Å². The quantitative estimate of drug-likeness (QED) is 0.668. The lowest BCUT2D eigenvalue weighted by Crippen LogP contribution is -2.46. The highest BCUT2D eigenvalue weighted by atomic mass is 16.6. The maximum absolute atomic E-state index is 12.4. The Morgan fingerprint density at radius 3 is 2.65 bits per heavy atom. The predicted octanol–water partition coefficient (Wildman–Crippen LogP) is 1.31. The van der Waals surface area contributed by atoms with Crippen LogP contribution in [0.3, 0.4) is 0 Å². The number of aromatic nitrogens is 1. The van der Waals surface area contributed by atoms with E-state index >= 15 is 0 Å². The van der Waals surface area contributed by atoms with Crippen molar-refractivity contribution in [1.82, 2.24) is 9.47 Å². The smallest absolute Gasteiger partial charge is 0.323 e. The van der Waals surface area contributed by atoms with Gasteiger partial charge >= 0.3 is 5.82 Å². The number of carbonyl (C=O) groups excluding carboxylic acids is 1. The first-order valence-corrected chi connectivity index (χ1v) is 6.69. The fraction of sp³-hybridized carbons (Fsp3) is 0.615. The number of aliphatic hydroxyl groups excluding tert-OH is 1. The van der Waals surface area contributed by atoms with E-state index in [2.05, 4.69) is 0 Å². The van der Waals surface area contributed by atoms with Crippen LogP contribution in [0.4, 0.5) is 5.82 Å². The molecule has 0 bridgehead atoms. The third-order valence-corrected chi connectivity index (χ3v) is 4.01. The molecule has 1 saturated carbocycles. The zero-order valence-electron chi connectivity index (χ0n) is 11.7. The van der Waals surface area contributed by atoms with Crippen molar-refractivity contribution in [3.63, 3.8) is 0 Å². The summed E-state index contributed by atoms with van der Waals surface area (Å²) < 4.78 is 1.27. The summed E-state index contributed by atoms with van der Waals surface area (Å²) in [5.74, 6) is -0.419. The summed E-state index contributed by atoms with van der Waals surface area (Å²) in [7, 11) is 3.14. The molecule has 2 rings (SSSR count). The van der Waals surface area contributed by atoms with E-state index in [4.69, 9.17) is 0 Å². The Bertz CT molecular complexity index is 526. The fourth-order valence-corrected chi connectivity index (χ4v) is 2.77. The Balaban J connectivity index is 2.20. The lowest BCUT2D eigenvalue weighted by Gasteiger charge is -2.34. The molecule has 0 radical (unpaired) electrons. The predicted molar refractivity (Wildman–Crippen MR) is 72.4 cm³/mol. The molecule has 0 saturated heterocycles. The lowest BCUT2D eigenvalue weighted by atomic mass is 9.91. The van der Waals surface area contributed by atoms with E-state index in [1.807, 2.05) is 0 Å². The van der Waals surface area contributed by atoms with E-state index in [1.165, 1.54) is 28.6 Å². The van der Waals surface area contributed by atoms with Crippen LogP contribution in [0.5, 0.6) is 0 Å². The van der Waals surface area contributed by atoms with Gasteiger partial charge in [0.15, 0.2) is 5.69 Å². The second kappa shape index (κ2) is 5.62. The van der Waals surface area contributed by atoms with Crippen LogP contribution in [-0.4, -0.2) is 44.6 Å². The molecule has 0 aromatic carbocycles. The molecule has 1 aliphatic carbocycles. The standard InChI is InChI=1S/C13H19N3O4/c1-14-10(7-8-12(14)16(19)20)13(18)15(2)9-5-3-4-6-11(9)17/h7-9,11,17H,3-6H2,1-2H3. The summed E-state index contributed by atoms with van der Waals surface area (Å²) in [6.07, 6.45) is 2.88.